The van der Waals surface area contributed by atoms with Crippen LogP contribution in [0.15, 0.2) is 18.2 Å². The van der Waals surface area contributed by atoms with E-state index in [1.54, 1.807) is 12.1 Å². The molecular weight excluding hydrogens is 370 g/mol. The third-order valence-electron chi connectivity index (χ3n) is 1.18. The van der Waals surface area contributed by atoms with Crippen molar-refractivity contribution in [2.45, 2.75) is 0 Å². The Labute approximate surface area is 91.3 Å². The van der Waals surface area contributed by atoms with Crippen molar-refractivity contribution in [3.8, 4) is 0 Å². The topological polar surface area (TPSA) is 37.3 Å². The molecule has 1 aromatic carbocycles. The van der Waals surface area contributed by atoms with Crippen molar-refractivity contribution in [1.82, 2.24) is 0 Å². The molecular formula is C7H4I2O2. The van der Waals surface area contributed by atoms with Crippen LogP contribution in [-0.2, 0) is 0 Å². The van der Waals surface area contributed by atoms with Crippen molar-refractivity contribution in [3.63, 3.8) is 0 Å². The van der Waals surface area contributed by atoms with Crippen molar-refractivity contribution in [2.24, 2.45) is 0 Å². The summed E-state index contributed by atoms with van der Waals surface area (Å²) in [6.45, 7) is 0. The first-order valence-electron chi connectivity index (χ1n) is 2.80. The van der Waals surface area contributed by atoms with Crippen LogP contribution in [0.3, 0.4) is 0 Å². The molecule has 1 N–H and O–H groups in total. The number of carboxylic acid groups (broad SMARTS) is 1. The Morgan fingerprint density at radius 3 is 2.45 bits per heavy atom. The lowest BCUT2D eigenvalue weighted by Crippen LogP contribution is -2.00. The first-order chi connectivity index (χ1) is 5.13. The predicted molar refractivity (Wildman–Crippen MR) is 58.8 cm³/mol. The fraction of sp³-hybridized carbons (Fsp3) is 0. The Balaban J connectivity index is 3.27. The quantitative estimate of drug-likeness (QED) is 0.768. The van der Waals surface area contributed by atoms with Crippen molar-refractivity contribution < 1.29 is 9.90 Å². The monoisotopic (exact) mass is 374 g/mol. The van der Waals surface area contributed by atoms with Crippen LogP contribution in [-0.4, -0.2) is 11.1 Å². The third kappa shape index (κ3) is 2.05. The van der Waals surface area contributed by atoms with Gasteiger partial charge in [0.1, 0.15) is 0 Å². The normalized spacial score (nSPS) is 9.64. The molecule has 0 fully saturated rings. The first kappa shape index (κ1) is 9.24. The number of rotatable bonds is 1. The van der Waals surface area contributed by atoms with E-state index in [2.05, 4.69) is 22.6 Å². The molecule has 0 saturated heterocycles. The highest BCUT2D eigenvalue weighted by Gasteiger charge is 2.08. The number of benzene rings is 1. The molecule has 1 aromatic rings. The van der Waals surface area contributed by atoms with Gasteiger partial charge in [0.2, 0.25) is 0 Å². The van der Waals surface area contributed by atoms with Gasteiger partial charge in [0, 0.05) is 7.14 Å². The molecule has 0 spiro atoms. The van der Waals surface area contributed by atoms with Crippen molar-refractivity contribution >= 4 is 51.2 Å². The molecule has 0 bridgehead atoms. The van der Waals surface area contributed by atoms with E-state index in [1.165, 1.54) is 0 Å². The van der Waals surface area contributed by atoms with Crippen LogP contribution < -0.4 is 0 Å². The average Bonchev–Trinajstić information content (AvgIpc) is 1.94. The van der Waals surface area contributed by atoms with Crippen LogP contribution in [0.25, 0.3) is 0 Å². The van der Waals surface area contributed by atoms with Gasteiger partial charge < -0.3 is 5.11 Å². The number of carbonyl (C=O) groups is 1. The van der Waals surface area contributed by atoms with Crippen molar-refractivity contribution in [1.29, 1.82) is 0 Å². The molecule has 4 heteroatoms. The highest BCUT2D eigenvalue weighted by Crippen LogP contribution is 2.18. The number of hydrogen-bond donors (Lipinski definition) is 1. The maximum absolute atomic E-state index is 10.6. The molecule has 11 heavy (non-hydrogen) atoms. The van der Waals surface area contributed by atoms with E-state index >= 15 is 0 Å². The minimum atomic E-state index is -0.868. The Bertz CT molecular complexity index is 296. The van der Waals surface area contributed by atoms with Gasteiger partial charge >= 0.3 is 5.97 Å². The number of aromatic carboxylic acids is 1. The second kappa shape index (κ2) is 3.70. The summed E-state index contributed by atoms with van der Waals surface area (Å²) in [6, 6.07) is 5.23. The van der Waals surface area contributed by atoms with E-state index in [1.807, 2.05) is 28.7 Å². The summed E-state index contributed by atoms with van der Waals surface area (Å²) in [5.41, 5.74) is 0.373. The summed E-state index contributed by atoms with van der Waals surface area (Å²) in [6.07, 6.45) is 0. The van der Waals surface area contributed by atoms with Crippen LogP contribution >= 0.6 is 45.2 Å². The van der Waals surface area contributed by atoms with Gasteiger partial charge in [-0.25, -0.2) is 4.79 Å². The van der Waals surface area contributed by atoms with Crippen molar-refractivity contribution in [3.05, 3.63) is 30.9 Å². The molecule has 0 amide bonds. The summed E-state index contributed by atoms with van der Waals surface area (Å²) >= 11 is 4.14. The van der Waals surface area contributed by atoms with E-state index in [4.69, 9.17) is 5.11 Å². The molecule has 0 aliphatic carbocycles. The zero-order valence-electron chi connectivity index (χ0n) is 5.34. The molecule has 1 rings (SSSR count). The minimum absolute atomic E-state index is 0.373. The molecule has 0 saturated carbocycles. The molecule has 0 radical (unpaired) electrons. The summed E-state index contributed by atoms with van der Waals surface area (Å²) in [4.78, 5) is 10.6. The lowest BCUT2D eigenvalue weighted by Gasteiger charge is -1.99. The van der Waals surface area contributed by atoms with Gasteiger partial charge in [-0.15, -0.1) is 0 Å². The lowest BCUT2D eigenvalue weighted by atomic mass is 10.2. The maximum atomic E-state index is 10.6. The standard InChI is InChI=1S/C7H4I2O2/c8-5-3-1-2-4(6(5)9)7(10)11/h1-3H,(H,10,11). The number of hydrogen-bond acceptors (Lipinski definition) is 1. The van der Waals surface area contributed by atoms with Crippen molar-refractivity contribution in [2.75, 3.05) is 0 Å². The molecule has 0 aliphatic rings. The van der Waals surface area contributed by atoms with Gasteiger partial charge in [-0.3, -0.25) is 0 Å². The molecule has 0 unspecified atom stereocenters. The molecule has 0 atom stereocenters. The molecule has 2 nitrogen and oxygen atoms in total. The Morgan fingerprint density at radius 2 is 2.00 bits per heavy atom. The fourth-order valence-electron chi connectivity index (χ4n) is 0.669. The predicted octanol–water partition coefficient (Wildman–Crippen LogP) is 2.59. The Hall–Kier alpha value is 0.150. The summed E-state index contributed by atoms with van der Waals surface area (Å²) in [5.74, 6) is -0.868. The van der Waals surface area contributed by atoms with Gasteiger partial charge in [-0.05, 0) is 57.3 Å². The second-order valence-electron chi connectivity index (χ2n) is 1.91. The van der Waals surface area contributed by atoms with Gasteiger partial charge in [0.15, 0.2) is 0 Å². The largest absolute Gasteiger partial charge is 0.478 e. The van der Waals surface area contributed by atoms with Crippen LogP contribution in [0.2, 0.25) is 0 Å². The Kier molecular flexibility index (Phi) is 3.11. The molecule has 0 heterocycles. The van der Waals surface area contributed by atoms with E-state index in [0.717, 1.165) is 7.14 Å². The van der Waals surface area contributed by atoms with E-state index in [-0.39, 0.29) is 0 Å². The molecule has 58 valence electrons. The Morgan fingerprint density at radius 1 is 1.36 bits per heavy atom. The van der Waals surface area contributed by atoms with E-state index in [9.17, 15) is 4.79 Å². The summed E-state index contributed by atoms with van der Waals surface area (Å²) < 4.78 is 1.78. The smallest absolute Gasteiger partial charge is 0.336 e. The highest BCUT2D eigenvalue weighted by atomic mass is 127. The second-order valence-corrected chi connectivity index (χ2v) is 4.15. The van der Waals surface area contributed by atoms with E-state index < -0.39 is 5.97 Å². The first-order valence-corrected chi connectivity index (χ1v) is 4.96. The minimum Gasteiger partial charge on any atom is -0.478 e. The number of carboxylic acids is 1. The van der Waals surface area contributed by atoms with E-state index in [0.29, 0.717) is 5.56 Å². The van der Waals surface area contributed by atoms with Gasteiger partial charge in [-0.1, -0.05) is 6.07 Å². The van der Waals surface area contributed by atoms with Gasteiger partial charge in [-0.2, -0.15) is 0 Å². The SMILES string of the molecule is O=C(O)c1cccc(I)c1I. The molecule has 0 aliphatic heterocycles. The van der Waals surface area contributed by atoms with Crippen LogP contribution in [0.5, 0.6) is 0 Å². The zero-order chi connectivity index (χ0) is 8.43. The molecule has 0 aromatic heterocycles. The highest BCUT2D eigenvalue weighted by molar-refractivity contribution is 14.1. The summed E-state index contributed by atoms with van der Waals surface area (Å²) in [7, 11) is 0. The lowest BCUT2D eigenvalue weighted by molar-refractivity contribution is 0.0695. The summed E-state index contributed by atoms with van der Waals surface area (Å²) in [5, 5.41) is 8.68. The maximum Gasteiger partial charge on any atom is 0.336 e. The van der Waals surface area contributed by atoms with Crippen LogP contribution in [0.4, 0.5) is 0 Å². The van der Waals surface area contributed by atoms with Crippen LogP contribution in [0, 0.1) is 7.14 Å². The average molecular weight is 374 g/mol. The van der Waals surface area contributed by atoms with Gasteiger partial charge in [0.25, 0.3) is 0 Å². The van der Waals surface area contributed by atoms with Gasteiger partial charge in [0.05, 0.1) is 5.56 Å². The third-order valence-corrected chi connectivity index (χ3v) is 4.28. The zero-order valence-corrected chi connectivity index (χ0v) is 9.66. The van der Waals surface area contributed by atoms with Crippen LogP contribution in [0.1, 0.15) is 10.4 Å². The fourth-order valence-corrected chi connectivity index (χ4v) is 1.76. The number of halogens is 2.